The van der Waals surface area contributed by atoms with E-state index in [9.17, 15) is 4.79 Å². The molecule has 1 amide bonds. The molecule has 0 aliphatic carbocycles. The lowest BCUT2D eigenvalue weighted by atomic mass is 10.1. The van der Waals surface area contributed by atoms with Crippen molar-refractivity contribution in [1.29, 1.82) is 0 Å². The molecule has 82 valence electrons. The zero-order chi connectivity index (χ0) is 10.7. The van der Waals surface area contributed by atoms with E-state index in [1.807, 2.05) is 0 Å². The van der Waals surface area contributed by atoms with Gasteiger partial charge in [-0.25, -0.2) is 0 Å². The molecule has 0 saturated carbocycles. The number of amides is 1. The minimum atomic E-state index is -0.0949. The molecule has 15 heavy (non-hydrogen) atoms. The standard InChI is InChI=1S/C10H12BrNO3/c11-9-8(3-6-15-9)10(13)12-7-1-4-14-5-2-7/h3,6-7H,1-2,4-5H2,(H,12,13). The Morgan fingerprint density at radius 3 is 2.80 bits per heavy atom. The number of hydrogen-bond acceptors (Lipinski definition) is 3. The van der Waals surface area contributed by atoms with E-state index in [0.29, 0.717) is 10.2 Å². The van der Waals surface area contributed by atoms with Gasteiger partial charge in [0.05, 0.1) is 11.8 Å². The molecule has 0 unspecified atom stereocenters. The molecular formula is C10H12BrNO3. The Balaban J connectivity index is 1.94. The zero-order valence-corrected chi connectivity index (χ0v) is 9.75. The van der Waals surface area contributed by atoms with E-state index in [4.69, 9.17) is 9.15 Å². The SMILES string of the molecule is O=C(NC1CCOCC1)c1ccoc1Br. The average Bonchev–Trinajstić information content (AvgIpc) is 2.66. The first kappa shape index (κ1) is 10.7. The van der Waals surface area contributed by atoms with Crippen molar-refractivity contribution in [3.05, 3.63) is 22.6 Å². The molecule has 1 aliphatic heterocycles. The van der Waals surface area contributed by atoms with Crippen LogP contribution in [0.25, 0.3) is 0 Å². The molecule has 0 radical (unpaired) electrons. The van der Waals surface area contributed by atoms with Gasteiger partial charge in [-0.2, -0.15) is 0 Å². The van der Waals surface area contributed by atoms with Crippen LogP contribution in [-0.4, -0.2) is 25.2 Å². The zero-order valence-electron chi connectivity index (χ0n) is 8.16. The second kappa shape index (κ2) is 4.81. The topological polar surface area (TPSA) is 51.5 Å². The number of carbonyl (C=O) groups excluding carboxylic acids is 1. The highest BCUT2D eigenvalue weighted by Crippen LogP contribution is 2.18. The maximum Gasteiger partial charge on any atom is 0.255 e. The van der Waals surface area contributed by atoms with Crippen molar-refractivity contribution in [3.63, 3.8) is 0 Å². The highest BCUT2D eigenvalue weighted by Gasteiger charge is 2.19. The van der Waals surface area contributed by atoms with Crippen LogP contribution in [0.1, 0.15) is 23.2 Å². The van der Waals surface area contributed by atoms with Gasteiger partial charge in [-0.3, -0.25) is 4.79 Å². The van der Waals surface area contributed by atoms with Gasteiger partial charge in [-0.1, -0.05) is 0 Å². The highest BCUT2D eigenvalue weighted by atomic mass is 79.9. The minimum absolute atomic E-state index is 0.0949. The van der Waals surface area contributed by atoms with Crippen LogP contribution in [0.3, 0.4) is 0 Å². The molecule has 1 aliphatic rings. The molecule has 1 aromatic heterocycles. The molecular weight excluding hydrogens is 262 g/mol. The summed E-state index contributed by atoms with van der Waals surface area (Å²) in [6.45, 7) is 1.44. The lowest BCUT2D eigenvalue weighted by Gasteiger charge is -2.22. The molecule has 4 nitrogen and oxygen atoms in total. The van der Waals surface area contributed by atoms with Crippen molar-refractivity contribution >= 4 is 21.8 Å². The summed E-state index contributed by atoms with van der Waals surface area (Å²) < 4.78 is 10.7. The van der Waals surface area contributed by atoms with E-state index in [1.54, 1.807) is 6.07 Å². The molecule has 1 aromatic rings. The molecule has 1 fully saturated rings. The van der Waals surface area contributed by atoms with Gasteiger partial charge in [0.25, 0.3) is 5.91 Å². The number of rotatable bonds is 2. The Bertz CT molecular complexity index is 344. The first-order valence-electron chi connectivity index (χ1n) is 4.89. The average molecular weight is 274 g/mol. The van der Waals surface area contributed by atoms with Gasteiger partial charge < -0.3 is 14.5 Å². The fourth-order valence-electron chi connectivity index (χ4n) is 1.56. The van der Waals surface area contributed by atoms with Crippen LogP contribution >= 0.6 is 15.9 Å². The van der Waals surface area contributed by atoms with Crippen LogP contribution < -0.4 is 5.32 Å². The summed E-state index contributed by atoms with van der Waals surface area (Å²) in [5.41, 5.74) is 0.543. The van der Waals surface area contributed by atoms with Gasteiger partial charge in [-0.15, -0.1) is 0 Å². The van der Waals surface area contributed by atoms with Crippen molar-refractivity contribution in [3.8, 4) is 0 Å². The maximum atomic E-state index is 11.8. The van der Waals surface area contributed by atoms with E-state index in [-0.39, 0.29) is 11.9 Å². The van der Waals surface area contributed by atoms with Crippen molar-refractivity contribution < 1.29 is 13.9 Å². The summed E-state index contributed by atoms with van der Waals surface area (Å²) in [6.07, 6.45) is 3.24. The quantitative estimate of drug-likeness (QED) is 0.896. The van der Waals surface area contributed by atoms with Crippen LogP contribution in [0.5, 0.6) is 0 Å². The number of ether oxygens (including phenoxy) is 1. The summed E-state index contributed by atoms with van der Waals surface area (Å²) in [5, 5.41) is 2.95. The van der Waals surface area contributed by atoms with Gasteiger partial charge in [0, 0.05) is 19.3 Å². The fraction of sp³-hybridized carbons (Fsp3) is 0.500. The van der Waals surface area contributed by atoms with Gasteiger partial charge in [-0.05, 0) is 34.8 Å². The third kappa shape index (κ3) is 2.60. The second-order valence-electron chi connectivity index (χ2n) is 3.47. The first-order valence-corrected chi connectivity index (χ1v) is 5.68. The largest absolute Gasteiger partial charge is 0.457 e. The highest BCUT2D eigenvalue weighted by molar-refractivity contribution is 9.10. The predicted octanol–water partition coefficient (Wildman–Crippen LogP) is 1.95. The number of halogens is 1. The Morgan fingerprint density at radius 2 is 2.20 bits per heavy atom. The smallest absolute Gasteiger partial charge is 0.255 e. The Kier molecular flexibility index (Phi) is 3.43. The summed E-state index contributed by atoms with van der Waals surface area (Å²) >= 11 is 3.18. The van der Waals surface area contributed by atoms with Gasteiger partial charge >= 0.3 is 0 Å². The van der Waals surface area contributed by atoms with Crippen molar-refractivity contribution in [2.24, 2.45) is 0 Å². The first-order chi connectivity index (χ1) is 7.27. The number of hydrogen-bond donors (Lipinski definition) is 1. The lowest BCUT2D eigenvalue weighted by molar-refractivity contribution is 0.0696. The van der Waals surface area contributed by atoms with Crippen LogP contribution in [0.4, 0.5) is 0 Å². The monoisotopic (exact) mass is 273 g/mol. The summed E-state index contributed by atoms with van der Waals surface area (Å²) in [4.78, 5) is 11.8. The predicted molar refractivity (Wildman–Crippen MR) is 57.7 cm³/mol. The maximum absolute atomic E-state index is 11.8. The van der Waals surface area contributed by atoms with E-state index >= 15 is 0 Å². The van der Waals surface area contributed by atoms with Crippen molar-refractivity contribution in [2.75, 3.05) is 13.2 Å². The molecule has 5 heteroatoms. The Morgan fingerprint density at radius 1 is 1.47 bits per heavy atom. The molecule has 2 rings (SSSR count). The molecule has 0 atom stereocenters. The van der Waals surface area contributed by atoms with Crippen LogP contribution in [-0.2, 0) is 4.74 Å². The van der Waals surface area contributed by atoms with E-state index in [1.165, 1.54) is 6.26 Å². The lowest BCUT2D eigenvalue weighted by Crippen LogP contribution is -2.38. The molecule has 0 spiro atoms. The van der Waals surface area contributed by atoms with Gasteiger partial charge in [0.1, 0.15) is 0 Å². The molecule has 2 heterocycles. The van der Waals surface area contributed by atoms with Crippen molar-refractivity contribution in [2.45, 2.75) is 18.9 Å². The molecule has 0 aromatic carbocycles. The fourth-order valence-corrected chi connectivity index (χ4v) is 1.98. The normalized spacial score (nSPS) is 17.7. The van der Waals surface area contributed by atoms with E-state index in [2.05, 4.69) is 21.2 Å². The third-order valence-corrected chi connectivity index (χ3v) is 3.03. The summed E-state index contributed by atoms with van der Waals surface area (Å²) in [6, 6.07) is 1.87. The van der Waals surface area contributed by atoms with Crippen LogP contribution in [0.15, 0.2) is 21.4 Å². The number of carbonyl (C=O) groups is 1. The molecule has 1 N–H and O–H groups in total. The Labute approximate surface area is 96.1 Å². The second-order valence-corrected chi connectivity index (χ2v) is 4.19. The summed E-state index contributed by atoms with van der Waals surface area (Å²) in [7, 11) is 0. The number of furan rings is 1. The van der Waals surface area contributed by atoms with E-state index < -0.39 is 0 Å². The summed E-state index contributed by atoms with van der Waals surface area (Å²) in [5.74, 6) is -0.0949. The van der Waals surface area contributed by atoms with Crippen LogP contribution in [0, 0.1) is 0 Å². The van der Waals surface area contributed by atoms with E-state index in [0.717, 1.165) is 26.1 Å². The number of nitrogens with one attached hydrogen (secondary N) is 1. The minimum Gasteiger partial charge on any atom is -0.457 e. The molecule has 1 saturated heterocycles. The van der Waals surface area contributed by atoms with Gasteiger partial charge in [0.2, 0.25) is 0 Å². The Hall–Kier alpha value is -0.810. The third-order valence-electron chi connectivity index (χ3n) is 2.42. The van der Waals surface area contributed by atoms with Gasteiger partial charge in [0.15, 0.2) is 4.67 Å². The van der Waals surface area contributed by atoms with Crippen molar-refractivity contribution in [1.82, 2.24) is 5.32 Å². The van der Waals surface area contributed by atoms with Crippen LogP contribution in [0.2, 0.25) is 0 Å². The molecule has 0 bridgehead atoms.